The highest BCUT2D eigenvalue weighted by atomic mass is 35.5. The third kappa shape index (κ3) is 6.33. The number of imide groups is 1. The Balaban J connectivity index is 1.68. The fourth-order valence-corrected chi connectivity index (χ4v) is 4.29. The molecule has 2 aromatic rings. The number of nitrogens with zero attached hydrogens (tertiary/aromatic N) is 1. The first-order valence-electron chi connectivity index (χ1n) is 10.2. The summed E-state index contributed by atoms with van der Waals surface area (Å²) in [6, 6.07) is 9.24. The van der Waals surface area contributed by atoms with Gasteiger partial charge in [0.25, 0.3) is 11.1 Å². The van der Waals surface area contributed by atoms with Crippen LogP contribution in [0.4, 0.5) is 10.5 Å². The average molecular weight is 542 g/mol. The second-order valence-corrected chi connectivity index (χ2v) is 9.33. The van der Waals surface area contributed by atoms with Crippen LogP contribution in [0.15, 0.2) is 41.3 Å². The number of thioether (sulfide) groups is 1. The second-order valence-electron chi connectivity index (χ2n) is 7.14. The summed E-state index contributed by atoms with van der Waals surface area (Å²) in [6.07, 6.45) is 3.04. The number of anilines is 1. The van der Waals surface area contributed by atoms with E-state index in [9.17, 15) is 19.2 Å². The van der Waals surface area contributed by atoms with Gasteiger partial charge in [0.05, 0.1) is 32.1 Å². The maximum atomic E-state index is 12.7. The zero-order valence-corrected chi connectivity index (χ0v) is 21.0. The molecule has 3 rings (SSSR count). The molecule has 0 bridgehead atoms. The lowest BCUT2D eigenvalue weighted by molar-refractivity contribution is -0.127. The molecule has 1 fully saturated rings. The minimum atomic E-state index is -0.628. The minimum absolute atomic E-state index is 0.100. The van der Waals surface area contributed by atoms with Crippen molar-refractivity contribution < 1.29 is 23.9 Å². The molecule has 2 aromatic carbocycles. The normalized spacial score (nSPS) is 14.6. The van der Waals surface area contributed by atoms with Gasteiger partial charge in [-0.15, -0.1) is 0 Å². The molecule has 11 heteroatoms. The SMILES string of the molecule is CCCCOC(=O)c1cc(NC(=O)CN2C(=O)S/C(=C/c3cccc(Cl)c3Cl)C2=O)ccc1Cl. The van der Waals surface area contributed by atoms with Crippen LogP contribution in [0.3, 0.4) is 0 Å². The molecule has 0 aliphatic carbocycles. The predicted octanol–water partition coefficient (Wildman–Crippen LogP) is 6.28. The van der Waals surface area contributed by atoms with Crippen LogP contribution in [0.1, 0.15) is 35.7 Å². The van der Waals surface area contributed by atoms with Crippen LogP contribution < -0.4 is 5.32 Å². The molecule has 0 radical (unpaired) electrons. The number of ether oxygens (including phenoxy) is 1. The summed E-state index contributed by atoms with van der Waals surface area (Å²) in [4.78, 5) is 50.7. The monoisotopic (exact) mass is 540 g/mol. The van der Waals surface area contributed by atoms with Gasteiger partial charge in [-0.1, -0.05) is 60.3 Å². The van der Waals surface area contributed by atoms with Gasteiger partial charge in [0.2, 0.25) is 5.91 Å². The van der Waals surface area contributed by atoms with Gasteiger partial charge in [-0.05, 0) is 54.1 Å². The number of rotatable bonds is 8. The summed E-state index contributed by atoms with van der Waals surface area (Å²) >= 11 is 18.9. The molecule has 0 saturated carbocycles. The summed E-state index contributed by atoms with van der Waals surface area (Å²) in [7, 11) is 0. The maximum absolute atomic E-state index is 12.7. The van der Waals surface area contributed by atoms with Gasteiger partial charge in [-0.2, -0.15) is 0 Å². The zero-order chi connectivity index (χ0) is 24.8. The largest absolute Gasteiger partial charge is 0.462 e. The molecule has 178 valence electrons. The van der Waals surface area contributed by atoms with Crippen molar-refractivity contribution in [2.24, 2.45) is 0 Å². The lowest BCUT2D eigenvalue weighted by atomic mass is 10.2. The number of hydrogen-bond acceptors (Lipinski definition) is 6. The van der Waals surface area contributed by atoms with Crippen LogP contribution in [-0.4, -0.2) is 41.1 Å². The number of benzene rings is 2. The van der Waals surface area contributed by atoms with E-state index in [1.54, 1.807) is 18.2 Å². The Bertz CT molecular complexity index is 1190. The number of carbonyl (C=O) groups is 4. The predicted molar refractivity (Wildman–Crippen MR) is 134 cm³/mol. The van der Waals surface area contributed by atoms with E-state index in [1.807, 2.05) is 6.92 Å². The molecular formula is C23H19Cl3N2O5S. The average Bonchev–Trinajstić information content (AvgIpc) is 3.05. The number of nitrogens with one attached hydrogen (secondary N) is 1. The Labute approximate surface area is 215 Å². The summed E-state index contributed by atoms with van der Waals surface area (Å²) in [5, 5.41) is 2.70. The van der Waals surface area contributed by atoms with Crippen LogP contribution in [0.25, 0.3) is 6.08 Å². The summed E-state index contributed by atoms with van der Waals surface area (Å²) in [6.45, 7) is 1.72. The van der Waals surface area contributed by atoms with Crippen molar-refractivity contribution in [3.05, 3.63) is 67.5 Å². The number of halogens is 3. The first-order chi connectivity index (χ1) is 16.2. The molecule has 3 amide bonds. The van der Waals surface area contributed by atoms with Gasteiger partial charge < -0.3 is 10.1 Å². The fraction of sp³-hybridized carbons (Fsp3) is 0.217. The van der Waals surface area contributed by atoms with Crippen molar-refractivity contribution in [1.29, 1.82) is 0 Å². The Morgan fingerprint density at radius 1 is 1.12 bits per heavy atom. The van der Waals surface area contributed by atoms with Gasteiger partial charge in [0.1, 0.15) is 6.54 Å². The molecule has 0 aromatic heterocycles. The van der Waals surface area contributed by atoms with Crippen molar-refractivity contribution in [3.63, 3.8) is 0 Å². The molecule has 1 heterocycles. The fourth-order valence-electron chi connectivity index (χ4n) is 2.90. The molecule has 1 aliphatic heterocycles. The Kier molecular flexibility index (Phi) is 9.02. The first kappa shape index (κ1) is 26.1. The van der Waals surface area contributed by atoms with E-state index in [1.165, 1.54) is 24.3 Å². The highest BCUT2D eigenvalue weighted by molar-refractivity contribution is 8.18. The molecule has 0 atom stereocenters. The molecular weight excluding hydrogens is 523 g/mol. The van der Waals surface area contributed by atoms with Crippen LogP contribution in [0.5, 0.6) is 0 Å². The minimum Gasteiger partial charge on any atom is -0.462 e. The zero-order valence-electron chi connectivity index (χ0n) is 17.9. The lowest BCUT2D eigenvalue weighted by Crippen LogP contribution is -2.36. The third-order valence-electron chi connectivity index (χ3n) is 4.64. The second kappa shape index (κ2) is 11.8. The first-order valence-corrected chi connectivity index (χ1v) is 12.1. The van der Waals surface area contributed by atoms with Crippen LogP contribution in [0.2, 0.25) is 15.1 Å². The van der Waals surface area contributed by atoms with E-state index >= 15 is 0 Å². The van der Waals surface area contributed by atoms with E-state index in [2.05, 4.69) is 5.32 Å². The number of hydrogen-bond donors (Lipinski definition) is 1. The van der Waals surface area contributed by atoms with E-state index in [0.29, 0.717) is 22.3 Å². The van der Waals surface area contributed by atoms with Gasteiger partial charge in [0, 0.05) is 5.69 Å². The van der Waals surface area contributed by atoms with E-state index < -0.39 is 29.6 Å². The Morgan fingerprint density at radius 3 is 2.62 bits per heavy atom. The van der Waals surface area contributed by atoms with Crippen LogP contribution in [0, 0.1) is 0 Å². The van der Waals surface area contributed by atoms with E-state index in [4.69, 9.17) is 39.5 Å². The number of amides is 3. The summed E-state index contributed by atoms with van der Waals surface area (Å²) in [5.74, 6) is -1.86. The van der Waals surface area contributed by atoms with Gasteiger partial charge >= 0.3 is 5.97 Å². The molecule has 1 aliphatic rings. The van der Waals surface area contributed by atoms with Crippen molar-refractivity contribution in [2.75, 3.05) is 18.5 Å². The maximum Gasteiger partial charge on any atom is 0.339 e. The number of carbonyl (C=O) groups excluding carboxylic acids is 4. The van der Waals surface area contributed by atoms with E-state index in [0.717, 1.165) is 17.7 Å². The van der Waals surface area contributed by atoms with Crippen LogP contribution in [-0.2, 0) is 14.3 Å². The number of esters is 1. The Hall–Kier alpha value is -2.52. The van der Waals surface area contributed by atoms with Crippen LogP contribution >= 0.6 is 46.6 Å². The van der Waals surface area contributed by atoms with Gasteiger partial charge in [0.15, 0.2) is 0 Å². The quantitative estimate of drug-likeness (QED) is 0.240. The highest BCUT2D eigenvalue weighted by Gasteiger charge is 2.36. The Morgan fingerprint density at radius 2 is 1.88 bits per heavy atom. The summed E-state index contributed by atoms with van der Waals surface area (Å²) in [5.41, 5.74) is 0.844. The molecule has 7 nitrogen and oxygen atoms in total. The smallest absolute Gasteiger partial charge is 0.339 e. The molecule has 1 N–H and O–H groups in total. The molecule has 0 unspecified atom stereocenters. The molecule has 0 spiro atoms. The van der Waals surface area contributed by atoms with E-state index in [-0.39, 0.29) is 32.8 Å². The van der Waals surface area contributed by atoms with Crippen molar-refractivity contribution in [3.8, 4) is 0 Å². The standard InChI is InChI=1S/C23H19Cl3N2O5S/c1-2-3-9-33-22(31)15-11-14(7-8-16(15)24)27-19(29)12-28-21(30)18(34-23(28)32)10-13-5-4-6-17(25)20(13)26/h4-8,10-11H,2-3,9,12H2,1H3,(H,27,29)/b18-10+. The highest BCUT2D eigenvalue weighted by Crippen LogP contribution is 2.35. The van der Waals surface area contributed by atoms with Crippen molar-refractivity contribution >= 4 is 81.4 Å². The van der Waals surface area contributed by atoms with Gasteiger partial charge in [-0.3, -0.25) is 19.3 Å². The van der Waals surface area contributed by atoms with Crippen molar-refractivity contribution in [1.82, 2.24) is 4.90 Å². The third-order valence-corrected chi connectivity index (χ3v) is 6.71. The molecule has 34 heavy (non-hydrogen) atoms. The van der Waals surface area contributed by atoms with Crippen molar-refractivity contribution in [2.45, 2.75) is 19.8 Å². The number of unbranched alkanes of at least 4 members (excludes halogenated alkanes) is 1. The topological polar surface area (TPSA) is 92.8 Å². The lowest BCUT2D eigenvalue weighted by Gasteiger charge is -2.13. The van der Waals surface area contributed by atoms with Gasteiger partial charge in [-0.25, -0.2) is 4.79 Å². The summed E-state index contributed by atoms with van der Waals surface area (Å²) < 4.78 is 5.16. The molecule has 1 saturated heterocycles.